The molecule has 0 aliphatic carbocycles. The number of aliphatic imine (C=N–C) groups is 1. The summed E-state index contributed by atoms with van der Waals surface area (Å²) < 4.78 is 7.54. The van der Waals surface area contributed by atoms with Gasteiger partial charge in [0.1, 0.15) is 11.4 Å². The summed E-state index contributed by atoms with van der Waals surface area (Å²) in [6.07, 6.45) is 4.51. The molecule has 8 nitrogen and oxygen atoms in total. The maximum absolute atomic E-state index is 12.0. The maximum atomic E-state index is 12.0. The Labute approximate surface area is 201 Å². The third kappa shape index (κ3) is 7.71. The molecule has 0 saturated carbocycles. The van der Waals surface area contributed by atoms with E-state index in [1.165, 1.54) is 5.56 Å². The van der Waals surface area contributed by atoms with E-state index in [4.69, 9.17) is 4.74 Å². The summed E-state index contributed by atoms with van der Waals surface area (Å²) in [5, 5.41) is 6.66. The van der Waals surface area contributed by atoms with Gasteiger partial charge in [0.2, 0.25) is 0 Å². The number of benzene rings is 1. The van der Waals surface area contributed by atoms with Gasteiger partial charge in [0.25, 0.3) is 0 Å². The van der Waals surface area contributed by atoms with Crippen molar-refractivity contribution >= 4 is 36.0 Å². The lowest BCUT2D eigenvalue weighted by atomic mass is 10.1. The minimum atomic E-state index is -0.477. The largest absolute Gasteiger partial charge is 0.444 e. The second kappa shape index (κ2) is 11.4. The Kier molecular flexibility index (Phi) is 9.15. The number of aromatic nitrogens is 2. The van der Waals surface area contributed by atoms with Crippen LogP contribution in [-0.4, -0.2) is 58.3 Å². The average molecular weight is 540 g/mol. The van der Waals surface area contributed by atoms with Crippen LogP contribution >= 0.6 is 24.0 Å². The molecule has 1 amide bonds. The molecule has 0 atom stereocenters. The monoisotopic (exact) mass is 540 g/mol. The minimum Gasteiger partial charge on any atom is -0.444 e. The summed E-state index contributed by atoms with van der Waals surface area (Å²) >= 11 is 0. The fourth-order valence-electron chi connectivity index (χ4n) is 3.20. The van der Waals surface area contributed by atoms with Gasteiger partial charge >= 0.3 is 6.09 Å². The number of nitrogens with one attached hydrogen (secondary N) is 2. The van der Waals surface area contributed by atoms with Crippen molar-refractivity contribution in [2.24, 2.45) is 4.99 Å². The van der Waals surface area contributed by atoms with E-state index in [1.807, 2.05) is 39.2 Å². The van der Waals surface area contributed by atoms with Crippen LogP contribution in [0.5, 0.6) is 0 Å². The zero-order valence-electron chi connectivity index (χ0n) is 18.7. The van der Waals surface area contributed by atoms with Crippen LogP contribution < -0.4 is 10.6 Å². The zero-order valence-corrected chi connectivity index (χ0v) is 21.0. The van der Waals surface area contributed by atoms with E-state index in [9.17, 15) is 4.79 Å². The number of likely N-dealkylation sites (tertiary alicyclic amines) is 1. The molecule has 31 heavy (non-hydrogen) atoms. The number of hydrogen-bond donors (Lipinski definition) is 2. The maximum Gasteiger partial charge on any atom is 0.410 e. The van der Waals surface area contributed by atoms with Crippen LogP contribution in [0, 0.1) is 0 Å². The van der Waals surface area contributed by atoms with Gasteiger partial charge in [-0.1, -0.05) is 30.3 Å². The molecule has 1 fully saturated rings. The molecular formula is C22H33IN6O2. The molecule has 2 N–H and O–H groups in total. The molecule has 1 aliphatic rings. The number of imidazole rings is 1. The Balaban J connectivity index is 0.00000341. The molecular weight excluding hydrogens is 507 g/mol. The predicted molar refractivity (Wildman–Crippen MR) is 133 cm³/mol. The molecule has 1 aromatic carbocycles. The molecule has 2 heterocycles. The lowest BCUT2D eigenvalue weighted by molar-refractivity contribution is 0.00701. The standard InChI is InChI=1S/C22H32N6O2.HI/c1-22(2,3)30-21(29)28-15-18(16-28)26-20(23-4)25-14-19-24-11-13-27(19)12-10-17-8-6-5-7-9-17;/h5-9,11,13,18H,10,12,14-16H2,1-4H3,(H2,23,25,26);1H. The van der Waals surface area contributed by atoms with Gasteiger partial charge in [-0.2, -0.15) is 0 Å². The van der Waals surface area contributed by atoms with Crippen molar-refractivity contribution < 1.29 is 9.53 Å². The van der Waals surface area contributed by atoms with E-state index in [-0.39, 0.29) is 36.1 Å². The second-order valence-electron chi connectivity index (χ2n) is 8.42. The predicted octanol–water partition coefficient (Wildman–Crippen LogP) is 3.03. The number of guanidine groups is 1. The Hall–Kier alpha value is -2.30. The zero-order chi connectivity index (χ0) is 21.6. The fraction of sp³-hybridized carbons (Fsp3) is 0.500. The number of amides is 1. The van der Waals surface area contributed by atoms with Gasteiger partial charge in [0.05, 0.1) is 12.6 Å². The lowest BCUT2D eigenvalue weighted by Crippen LogP contribution is -2.63. The van der Waals surface area contributed by atoms with Crippen LogP contribution in [0.15, 0.2) is 47.7 Å². The number of rotatable bonds is 6. The Morgan fingerprint density at radius 1 is 1.26 bits per heavy atom. The lowest BCUT2D eigenvalue weighted by Gasteiger charge is -2.40. The highest BCUT2D eigenvalue weighted by Crippen LogP contribution is 2.15. The van der Waals surface area contributed by atoms with Gasteiger partial charge in [0.15, 0.2) is 5.96 Å². The number of aryl methyl sites for hydroxylation is 2. The number of carbonyl (C=O) groups excluding carboxylic acids is 1. The molecule has 9 heteroatoms. The van der Waals surface area contributed by atoms with Gasteiger partial charge in [0, 0.05) is 39.1 Å². The molecule has 0 spiro atoms. The number of ether oxygens (including phenoxy) is 1. The van der Waals surface area contributed by atoms with Crippen molar-refractivity contribution in [3.05, 3.63) is 54.1 Å². The second-order valence-corrected chi connectivity index (χ2v) is 8.42. The fourth-order valence-corrected chi connectivity index (χ4v) is 3.20. The van der Waals surface area contributed by atoms with Crippen LogP contribution in [0.1, 0.15) is 32.2 Å². The topological polar surface area (TPSA) is 83.8 Å². The number of halogens is 1. The Bertz CT molecular complexity index is 856. The first-order chi connectivity index (χ1) is 14.3. The summed E-state index contributed by atoms with van der Waals surface area (Å²) in [6.45, 7) is 8.26. The van der Waals surface area contributed by atoms with Crippen LogP contribution in [0.4, 0.5) is 4.79 Å². The first kappa shape index (κ1) is 25.0. The Morgan fingerprint density at radius 3 is 2.61 bits per heavy atom. The SMILES string of the molecule is CN=C(NCc1nccn1CCc1ccccc1)NC1CN(C(=O)OC(C)(C)C)C1.I. The van der Waals surface area contributed by atoms with Gasteiger partial charge in [-0.05, 0) is 32.8 Å². The van der Waals surface area contributed by atoms with Crippen molar-refractivity contribution in [3.8, 4) is 0 Å². The number of nitrogens with zero attached hydrogens (tertiary/aromatic N) is 4. The first-order valence-electron chi connectivity index (χ1n) is 10.3. The van der Waals surface area contributed by atoms with E-state index < -0.39 is 5.60 Å². The van der Waals surface area contributed by atoms with Gasteiger partial charge in [-0.25, -0.2) is 9.78 Å². The Morgan fingerprint density at radius 2 is 1.97 bits per heavy atom. The van der Waals surface area contributed by atoms with Crippen LogP contribution in [0.25, 0.3) is 0 Å². The van der Waals surface area contributed by atoms with Crippen molar-refractivity contribution in [1.82, 2.24) is 25.1 Å². The van der Waals surface area contributed by atoms with Gasteiger partial charge < -0.3 is 24.8 Å². The third-order valence-electron chi connectivity index (χ3n) is 4.80. The number of carbonyl (C=O) groups is 1. The minimum absolute atomic E-state index is 0. The molecule has 0 bridgehead atoms. The normalized spacial score (nSPS) is 14.5. The van der Waals surface area contributed by atoms with E-state index in [1.54, 1.807) is 11.9 Å². The first-order valence-corrected chi connectivity index (χ1v) is 10.3. The summed E-state index contributed by atoms with van der Waals surface area (Å²) in [4.78, 5) is 22.5. The van der Waals surface area contributed by atoms with Crippen molar-refractivity contribution in [2.45, 2.75) is 51.9 Å². The number of hydrogen-bond acceptors (Lipinski definition) is 4. The van der Waals surface area contributed by atoms with E-state index in [0.717, 1.165) is 18.8 Å². The highest BCUT2D eigenvalue weighted by Gasteiger charge is 2.34. The summed E-state index contributed by atoms with van der Waals surface area (Å²) in [5.41, 5.74) is 0.831. The van der Waals surface area contributed by atoms with Crippen molar-refractivity contribution in [1.29, 1.82) is 0 Å². The highest BCUT2D eigenvalue weighted by atomic mass is 127. The molecule has 3 rings (SSSR count). The molecule has 1 aromatic heterocycles. The summed E-state index contributed by atoms with van der Waals surface area (Å²) in [7, 11) is 1.74. The molecule has 2 aromatic rings. The molecule has 0 unspecified atom stereocenters. The van der Waals surface area contributed by atoms with Crippen LogP contribution in [0.3, 0.4) is 0 Å². The third-order valence-corrected chi connectivity index (χ3v) is 4.80. The summed E-state index contributed by atoms with van der Waals surface area (Å²) in [6, 6.07) is 10.6. The van der Waals surface area contributed by atoms with Crippen LogP contribution in [-0.2, 0) is 24.2 Å². The molecule has 170 valence electrons. The van der Waals surface area contributed by atoms with Crippen molar-refractivity contribution in [3.63, 3.8) is 0 Å². The van der Waals surface area contributed by atoms with Crippen molar-refractivity contribution in [2.75, 3.05) is 20.1 Å². The average Bonchev–Trinajstić information content (AvgIpc) is 3.11. The molecule has 0 radical (unpaired) electrons. The van der Waals surface area contributed by atoms with E-state index in [2.05, 4.69) is 49.4 Å². The smallest absolute Gasteiger partial charge is 0.410 e. The van der Waals surface area contributed by atoms with Gasteiger partial charge in [-0.3, -0.25) is 4.99 Å². The van der Waals surface area contributed by atoms with Crippen LogP contribution in [0.2, 0.25) is 0 Å². The summed E-state index contributed by atoms with van der Waals surface area (Å²) in [5.74, 6) is 1.65. The van der Waals surface area contributed by atoms with Gasteiger partial charge in [-0.15, -0.1) is 24.0 Å². The van der Waals surface area contributed by atoms with E-state index in [0.29, 0.717) is 25.6 Å². The quantitative estimate of drug-likeness (QED) is 0.335. The van der Waals surface area contributed by atoms with E-state index >= 15 is 0 Å². The molecule has 1 aliphatic heterocycles. The highest BCUT2D eigenvalue weighted by molar-refractivity contribution is 14.0. The molecule has 1 saturated heterocycles.